The van der Waals surface area contributed by atoms with Crippen molar-refractivity contribution in [2.45, 2.75) is 18.7 Å². The Morgan fingerprint density at radius 1 is 0.892 bits per heavy atom. The fourth-order valence-corrected chi connectivity index (χ4v) is 5.75. The largest absolute Gasteiger partial charge is 0.478 e. The van der Waals surface area contributed by atoms with Gasteiger partial charge in [0.2, 0.25) is 0 Å². The highest BCUT2D eigenvalue weighted by atomic mass is 32.2. The first kappa shape index (κ1) is 24.6. The Kier molecular flexibility index (Phi) is 6.47. The molecule has 8 nitrogen and oxygen atoms in total. The number of rotatable bonds is 6. The summed E-state index contributed by atoms with van der Waals surface area (Å²) in [4.78, 5) is 21.5. The molecule has 0 amide bonds. The molecule has 0 saturated carbocycles. The lowest BCUT2D eigenvalue weighted by Gasteiger charge is -2.37. The fraction of sp³-hybridized carbons (Fsp3) is 0.214. The molecular weight excluding hydrogens is 488 g/mol. The van der Waals surface area contributed by atoms with Crippen molar-refractivity contribution in [1.82, 2.24) is 4.98 Å². The van der Waals surface area contributed by atoms with E-state index in [1.54, 1.807) is 36.4 Å². The number of carbonyl (C=O) groups is 1. The van der Waals surface area contributed by atoms with Gasteiger partial charge in [-0.2, -0.15) is 0 Å². The van der Waals surface area contributed by atoms with Crippen LogP contribution in [0.4, 0.5) is 17.2 Å². The molecule has 0 bridgehead atoms. The molecule has 2 heterocycles. The third-order valence-electron chi connectivity index (χ3n) is 6.85. The molecule has 0 spiro atoms. The fourth-order valence-electron chi connectivity index (χ4n) is 4.68. The summed E-state index contributed by atoms with van der Waals surface area (Å²) in [5, 5.41) is 10.3. The molecule has 1 aliphatic heterocycles. The number of sulfonamides is 1. The number of piperazine rings is 1. The highest BCUT2D eigenvalue weighted by molar-refractivity contribution is 7.92. The third-order valence-corrected chi connectivity index (χ3v) is 8.25. The van der Waals surface area contributed by atoms with Gasteiger partial charge in [0.1, 0.15) is 5.82 Å². The Morgan fingerprint density at radius 2 is 1.59 bits per heavy atom. The second kappa shape index (κ2) is 9.74. The monoisotopic (exact) mass is 516 g/mol. The molecule has 0 radical (unpaired) electrons. The van der Waals surface area contributed by atoms with Gasteiger partial charge in [-0.25, -0.2) is 18.2 Å². The number of hydrogen-bond donors (Lipinski definition) is 2. The Bertz CT molecular complexity index is 1580. The van der Waals surface area contributed by atoms with Crippen LogP contribution in [0.2, 0.25) is 0 Å². The quantitative estimate of drug-likeness (QED) is 0.384. The van der Waals surface area contributed by atoms with Gasteiger partial charge in [-0.15, -0.1) is 0 Å². The number of pyridine rings is 1. The van der Waals surface area contributed by atoms with Crippen LogP contribution in [0.25, 0.3) is 10.9 Å². The van der Waals surface area contributed by atoms with E-state index in [0.29, 0.717) is 29.8 Å². The molecule has 190 valence electrons. The molecule has 1 aliphatic rings. The van der Waals surface area contributed by atoms with E-state index in [0.717, 1.165) is 13.1 Å². The average Bonchev–Trinajstić information content (AvgIpc) is 2.90. The van der Waals surface area contributed by atoms with E-state index in [2.05, 4.69) is 46.6 Å². The Labute approximate surface area is 216 Å². The van der Waals surface area contributed by atoms with E-state index in [9.17, 15) is 18.3 Å². The van der Waals surface area contributed by atoms with Crippen molar-refractivity contribution in [3.05, 3.63) is 89.5 Å². The van der Waals surface area contributed by atoms with Crippen molar-refractivity contribution in [3.8, 4) is 0 Å². The number of fused-ring (bicyclic) bond motifs is 1. The van der Waals surface area contributed by atoms with E-state index in [4.69, 9.17) is 4.98 Å². The molecule has 2 N–H and O–H groups in total. The molecule has 0 aliphatic carbocycles. The van der Waals surface area contributed by atoms with Gasteiger partial charge < -0.3 is 14.9 Å². The summed E-state index contributed by atoms with van der Waals surface area (Å²) in [6.45, 7) is 7.26. The van der Waals surface area contributed by atoms with Crippen molar-refractivity contribution in [3.63, 3.8) is 0 Å². The normalized spacial score (nSPS) is 14.1. The standard InChI is InChI=1S/C28H28N4O4S/c1-19-7-6-10-26(20(19)2)31-13-15-32(16-14-31)27-18-24(28(33)34)23-17-21(11-12-25(23)29-27)30-37(35,36)22-8-4-3-5-9-22/h3-12,17-18,30H,13-16H2,1-2H3,(H,33,34). The number of nitrogens with one attached hydrogen (secondary N) is 1. The lowest BCUT2D eigenvalue weighted by Crippen LogP contribution is -2.47. The Morgan fingerprint density at radius 3 is 2.30 bits per heavy atom. The molecule has 1 saturated heterocycles. The summed E-state index contributed by atoms with van der Waals surface area (Å²) in [6, 6.07) is 20.7. The first-order chi connectivity index (χ1) is 17.7. The van der Waals surface area contributed by atoms with Gasteiger partial charge in [-0.1, -0.05) is 30.3 Å². The van der Waals surface area contributed by atoms with Crippen LogP contribution in [0.5, 0.6) is 0 Å². The summed E-state index contributed by atoms with van der Waals surface area (Å²) in [6.07, 6.45) is 0. The van der Waals surface area contributed by atoms with Crippen LogP contribution in [-0.4, -0.2) is 50.7 Å². The van der Waals surface area contributed by atoms with Crippen LogP contribution in [-0.2, 0) is 10.0 Å². The summed E-state index contributed by atoms with van der Waals surface area (Å²) in [7, 11) is -3.81. The number of benzene rings is 3. The van der Waals surface area contributed by atoms with Crippen molar-refractivity contribution in [2.75, 3.05) is 40.7 Å². The molecule has 4 aromatic rings. The SMILES string of the molecule is Cc1cccc(N2CCN(c3cc(C(=O)O)c4cc(NS(=O)(=O)c5ccccc5)ccc4n3)CC2)c1C. The van der Waals surface area contributed by atoms with E-state index in [-0.39, 0.29) is 16.1 Å². The number of aromatic carboxylic acids is 1. The highest BCUT2D eigenvalue weighted by Gasteiger charge is 2.23. The predicted octanol–water partition coefficient (Wildman–Crippen LogP) is 4.68. The minimum absolute atomic E-state index is 0.0812. The van der Waals surface area contributed by atoms with Gasteiger partial charge >= 0.3 is 5.97 Å². The molecule has 0 atom stereocenters. The van der Waals surface area contributed by atoms with Gasteiger partial charge in [-0.3, -0.25) is 4.72 Å². The zero-order chi connectivity index (χ0) is 26.2. The minimum atomic E-state index is -3.81. The maximum atomic E-state index is 12.7. The van der Waals surface area contributed by atoms with Crippen LogP contribution >= 0.6 is 0 Å². The number of carboxylic acids is 1. The van der Waals surface area contributed by atoms with E-state index in [1.165, 1.54) is 35.0 Å². The maximum absolute atomic E-state index is 12.7. The lowest BCUT2D eigenvalue weighted by atomic mass is 10.1. The molecule has 37 heavy (non-hydrogen) atoms. The highest BCUT2D eigenvalue weighted by Crippen LogP contribution is 2.29. The zero-order valence-corrected chi connectivity index (χ0v) is 21.5. The molecule has 0 unspecified atom stereocenters. The van der Waals surface area contributed by atoms with Gasteiger partial charge in [-0.05, 0) is 67.4 Å². The van der Waals surface area contributed by atoms with Gasteiger partial charge in [0.05, 0.1) is 16.0 Å². The molecule has 3 aromatic carbocycles. The van der Waals surface area contributed by atoms with E-state index in [1.807, 2.05) is 0 Å². The Hall–Kier alpha value is -4.11. The van der Waals surface area contributed by atoms with Crippen LogP contribution in [0.1, 0.15) is 21.5 Å². The van der Waals surface area contributed by atoms with Crippen LogP contribution in [0.15, 0.2) is 77.7 Å². The number of anilines is 3. The number of nitrogens with zero attached hydrogens (tertiary/aromatic N) is 3. The number of hydrogen-bond acceptors (Lipinski definition) is 6. The molecule has 1 aromatic heterocycles. The Balaban J connectivity index is 1.41. The summed E-state index contributed by atoms with van der Waals surface area (Å²) in [5.41, 5.74) is 4.60. The van der Waals surface area contributed by atoms with Crippen LogP contribution in [0.3, 0.4) is 0 Å². The summed E-state index contributed by atoms with van der Waals surface area (Å²) >= 11 is 0. The predicted molar refractivity (Wildman–Crippen MR) is 146 cm³/mol. The third kappa shape index (κ3) is 4.95. The minimum Gasteiger partial charge on any atom is -0.478 e. The number of aromatic nitrogens is 1. The lowest BCUT2D eigenvalue weighted by molar-refractivity contribution is 0.0699. The topological polar surface area (TPSA) is 103 Å². The molecule has 5 rings (SSSR count). The zero-order valence-electron chi connectivity index (χ0n) is 20.7. The maximum Gasteiger partial charge on any atom is 0.336 e. The first-order valence-corrected chi connectivity index (χ1v) is 13.5. The van der Waals surface area contributed by atoms with Crippen molar-refractivity contribution < 1.29 is 18.3 Å². The van der Waals surface area contributed by atoms with E-state index < -0.39 is 16.0 Å². The second-order valence-electron chi connectivity index (χ2n) is 9.18. The van der Waals surface area contributed by atoms with Gasteiger partial charge in [0.25, 0.3) is 10.0 Å². The van der Waals surface area contributed by atoms with Gasteiger partial charge in [0.15, 0.2) is 0 Å². The first-order valence-electron chi connectivity index (χ1n) is 12.0. The second-order valence-corrected chi connectivity index (χ2v) is 10.9. The van der Waals surface area contributed by atoms with Crippen molar-refractivity contribution >= 4 is 44.1 Å². The van der Waals surface area contributed by atoms with Crippen molar-refractivity contribution in [1.29, 1.82) is 0 Å². The van der Waals surface area contributed by atoms with Gasteiger partial charge in [0, 0.05) is 42.9 Å². The number of aryl methyl sites for hydroxylation is 1. The van der Waals surface area contributed by atoms with Crippen molar-refractivity contribution in [2.24, 2.45) is 0 Å². The molecule has 1 fully saturated rings. The van der Waals surface area contributed by atoms with E-state index >= 15 is 0 Å². The average molecular weight is 517 g/mol. The molecular formula is C28H28N4O4S. The summed E-state index contributed by atoms with van der Waals surface area (Å²) in [5.74, 6) is -0.492. The number of carboxylic acid groups (broad SMARTS) is 1. The summed E-state index contributed by atoms with van der Waals surface area (Å²) < 4.78 is 28.0. The van der Waals surface area contributed by atoms with Crippen LogP contribution in [0, 0.1) is 13.8 Å². The van der Waals surface area contributed by atoms with Crippen LogP contribution < -0.4 is 14.5 Å². The molecule has 9 heteroatoms. The smallest absolute Gasteiger partial charge is 0.336 e.